The van der Waals surface area contributed by atoms with Crippen molar-refractivity contribution in [1.29, 1.82) is 0 Å². The highest BCUT2D eigenvalue weighted by atomic mass is 32.2. The molecule has 1 aliphatic heterocycles. The van der Waals surface area contributed by atoms with Gasteiger partial charge in [-0.05, 0) is 35.9 Å². The number of nitro benzene ring substituents is 1. The third kappa shape index (κ3) is 3.61. The van der Waals surface area contributed by atoms with Crippen molar-refractivity contribution in [1.82, 2.24) is 0 Å². The molecule has 2 aromatic rings. The molecule has 0 aliphatic carbocycles. The lowest BCUT2D eigenvalue weighted by molar-refractivity contribution is -0.384. The molecule has 3 rings (SSSR count). The molecular formula is C18H15N3O3S2. The highest BCUT2D eigenvalue weighted by Crippen LogP contribution is 2.36. The van der Waals surface area contributed by atoms with Crippen molar-refractivity contribution in [2.24, 2.45) is 0 Å². The summed E-state index contributed by atoms with van der Waals surface area (Å²) >= 11 is 6.54. The Labute approximate surface area is 160 Å². The normalized spacial score (nSPS) is 15.6. The number of thioether (sulfide) groups is 1. The topological polar surface area (TPSA) is 66.7 Å². The number of benzene rings is 2. The van der Waals surface area contributed by atoms with E-state index in [1.54, 1.807) is 6.08 Å². The van der Waals surface area contributed by atoms with E-state index in [4.69, 9.17) is 12.2 Å². The Morgan fingerprint density at radius 3 is 2.27 bits per heavy atom. The van der Waals surface area contributed by atoms with E-state index in [1.807, 2.05) is 43.3 Å². The molecule has 0 radical (unpaired) electrons. The first kappa shape index (κ1) is 18.1. The second-order valence-corrected chi connectivity index (χ2v) is 7.45. The maximum Gasteiger partial charge on any atom is 0.270 e. The lowest BCUT2D eigenvalue weighted by atomic mass is 10.2. The van der Waals surface area contributed by atoms with Crippen molar-refractivity contribution in [2.75, 3.05) is 23.9 Å². The van der Waals surface area contributed by atoms with Crippen molar-refractivity contribution in [3.05, 3.63) is 69.1 Å². The minimum Gasteiger partial charge on any atom is -0.378 e. The fourth-order valence-corrected chi connectivity index (χ4v) is 3.73. The first-order valence-electron chi connectivity index (χ1n) is 7.66. The summed E-state index contributed by atoms with van der Waals surface area (Å²) in [5, 5.41) is 10.8. The van der Waals surface area contributed by atoms with Crippen molar-refractivity contribution in [3.8, 4) is 0 Å². The fraction of sp³-hybridized carbons (Fsp3) is 0.111. The van der Waals surface area contributed by atoms with Gasteiger partial charge >= 0.3 is 0 Å². The van der Waals surface area contributed by atoms with Gasteiger partial charge in [-0.2, -0.15) is 0 Å². The predicted octanol–water partition coefficient (Wildman–Crippen LogP) is 4.07. The van der Waals surface area contributed by atoms with Gasteiger partial charge in [0, 0.05) is 31.9 Å². The molecule has 132 valence electrons. The number of nitro groups is 1. The molecule has 2 aromatic carbocycles. The first-order chi connectivity index (χ1) is 12.4. The summed E-state index contributed by atoms with van der Waals surface area (Å²) in [4.78, 5) is 26.9. The molecule has 1 fully saturated rings. The molecule has 0 N–H and O–H groups in total. The third-order valence-corrected chi connectivity index (χ3v) is 5.12. The first-order valence-corrected chi connectivity index (χ1v) is 8.89. The number of anilines is 2. The smallest absolute Gasteiger partial charge is 0.270 e. The van der Waals surface area contributed by atoms with E-state index in [-0.39, 0.29) is 11.6 Å². The summed E-state index contributed by atoms with van der Waals surface area (Å²) in [7, 11) is 3.93. The minimum atomic E-state index is -0.481. The van der Waals surface area contributed by atoms with Crippen molar-refractivity contribution in [3.63, 3.8) is 0 Å². The van der Waals surface area contributed by atoms with Crippen molar-refractivity contribution < 1.29 is 9.72 Å². The van der Waals surface area contributed by atoms with Crippen LogP contribution in [0.2, 0.25) is 0 Å². The summed E-state index contributed by atoms with van der Waals surface area (Å²) < 4.78 is 0.403. The second kappa shape index (κ2) is 7.27. The SMILES string of the molecule is CN(C)c1ccc(C=C2SC(=S)N(c3ccc([N+](=O)[O-])cc3)C2=O)cc1. The van der Waals surface area contributed by atoms with Crippen LogP contribution in [0.15, 0.2) is 53.4 Å². The summed E-state index contributed by atoms with van der Waals surface area (Å²) in [5.41, 5.74) is 2.46. The number of carbonyl (C=O) groups is 1. The van der Waals surface area contributed by atoms with Gasteiger partial charge in [0.2, 0.25) is 0 Å². The molecule has 26 heavy (non-hydrogen) atoms. The largest absolute Gasteiger partial charge is 0.378 e. The number of hydrogen-bond donors (Lipinski definition) is 0. The van der Waals surface area contributed by atoms with Gasteiger partial charge in [-0.25, -0.2) is 0 Å². The Kier molecular flexibility index (Phi) is 5.06. The van der Waals surface area contributed by atoms with E-state index >= 15 is 0 Å². The summed E-state index contributed by atoms with van der Waals surface area (Å²) in [6.45, 7) is 0. The molecule has 1 aliphatic rings. The van der Waals surface area contributed by atoms with E-state index in [0.29, 0.717) is 14.9 Å². The number of nitrogens with zero attached hydrogens (tertiary/aromatic N) is 3. The molecule has 1 amide bonds. The van der Waals surface area contributed by atoms with Gasteiger partial charge in [0.15, 0.2) is 4.32 Å². The van der Waals surface area contributed by atoms with Gasteiger partial charge in [0.25, 0.3) is 11.6 Å². The summed E-state index contributed by atoms with van der Waals surface area (Å²) in [5.74, 6) is -0.231. The summed E-state index contributed by atoms with van der Waals surface area (Å²) in [6.07, 6.45) is 1.80. The van der Waals surface area contributed by atoms with Gasteiger partial charge in [0.05, 0.1) is 15.5 Å². The quantitative estimate of drug-likeness (QED) is 0.342. The van der Waals surface area contributed by atoms with Crippen LogP contribution >= 0.6 is 24.0 Å². The van der Waals surface area contributed by atoms with E-state index in [9.17, 15) is 14.9 Å². The molecule has 6 nitrogen and oxygen atoms in total. The maximum absolute atomic E-state index is 12.7. The zero-order valence-corrected chi connectivity index (χ0v) is 15.7. The monoisotopic (exact) mass is 385 g/mol. The number of non-ortho nitro benzene ring substituents is 1. The average Bonchev–Trinajstić information content (AvgIpc) is 2.89. The molecule has 0 saturated carbocycles. The molecule has 0 bridgehead atoms. The third-order valence-electron chi connectivity index (χ3n) is 3.82. The molecule has 0 spiro atoms. The zero-order valence-electron chi connectivity index (χ0n) is 14.1. The van der Waals surface area contributed by atoms with Crippen LogP contribution in [-0.4, -0.2) is 29.2 Å². The Bertz CT molecular complexity index is 906. The van der Waals surface area contributed by atoms with Gasteiger partial charge in [-0.15, -0.1) is 0 Å². The lowest BCUT2D eigenvalue weighted by Gasteiger charge is -2.14. The Balaban J connectivity index is 1.85. The molecule has 1 heterocycles. The van der Waals surface area contributed by atoms with Gasteiger partial charge in [0.1, 0.15) is 0 Å². The van der Waals surface area contributed by atoms with Crippen molar-refractivity contribution >= 4 is 57.3 Å². The van der Waals surface area contributed by atoms with E-state index in [2.05, 4.69) is 0 Å². The number of carbonyl (C=O) groups excluding carboxylic acids is 1. The number of thiocarbonyl (C=S) groups is 1. The molecule has 0 atom stereocenters. The second-order valence-electron chi connectivity index (χ2n) is 5.78. The molecule has 1 saturated heterocycles. The van der Waals surface area contributed by atoms with Crippen molar-refractivity contribution in [2.45, 2.75) is 0 Å². The molecule has 0 aromatic heterocycles. The lowest BCUT2D eigenvalue weighted by Crippen LogP contribution is -2.27. The highest BCUT2D eigenvalue weighted by molar-refractivity contribution is 8.27. The van der Waals surface area contributed by atoms with Crippen LogP contribution in [0, 0.1) is 10.1 Å². The van der Waals surface area contributed by atoms with Gasteiger partial charge in [-0.1, -0.05) is 36.1 Å². The van der Waals surface area contributed by atoms with E-state index in [0.717, 1.165) is 11.3 Å². The van der Waals surface area contributed by atoms with Crippen LogP contribution in [0.4, 0.5) is 17.1 Å². The maximum atomic E-state index is 12.7. The summed E-state index contributed by atoms with van der Waals surface area (Å²) in [6, 6.07) is 13.6. The van der Waals surface area contributed by atoms with Gasteiger partial charge in [-0.3, -0.25) is 19.8 Å². The Morgan fingerprint density at radius 2 is 1.73 bits per heavy atom. The zero-order chi connectivity index (χ0) is 18.8. The Morgan fingerprint density at radius 1 is 1.12 bits per heavy atom. The van der Waals surface area contributed by atoms with Crippen LogP contribution in [0.1, 0.15) is 5.56 Å². The van der Waals surface area contributed by atoms with Gasteiger partial charge < -0.3 is 4.90 Å². The van der Waals surface area contributed by atoms with Crippen LogP contribution in [0.5, 0.6) is 0 Å². The number of rotatable bonds is 4. The minimum absolute atomic E-state index is 0.0317. The molecular weight excluding hydrogens is 370 g/mol. The van der Waals surface area contributed by atoms with Crippen LogP contribution in [0.25, 0.3) is 6.08 Å². The average molecular weight is 385 g/mol. The number of amides is 1. The fourth-order valence-electron chi connectivity index (χ4n) is 2.43. The predicted molar refractivity (Wildman–Crippen MR) is 110 cm³/mol. The van der Waals surface area contributed by atoms with Crippen LogP contribution in [0.3, 0.4) is 0 Å². The molecule has 0 unspecified atom stereocenters. The van der Waals surface area contributed by atoms with E-state index < -0.39 is 4.92 Å². The van der Waals surface area contributed by atoms with E-state index in [1.165, 1.54) is 40.9 Å². The van der Waals surface area contributed by atoms with Crippen LogP contribution < -0.4 is 9.80 Å². The number of hydrogen-bond acceptors (Lipinski definition) is 6. The highest BCUT2D eigenvalue weighted by Gasteiger charge is 2.33. The standard InChI is InChI=1S/C18H15N3O3S2/c1-19(2)13-5-3-12(4-6-13)11-16-17(22)20(18(25)26-16)14-7-9-15(10-8-14)21(23)24/h3-11H,1-2H3. The Hall–Kier alpha value is -2.71. The van der Waals surface area contributed by atoms with Crippen LogP contribution in [-0.2, 0) is 4.79 Å². The molecule has 8 heteroatoms.